The molecule has 40 heavy (non-hydrogen) atoms. The van der Waals surface area contributed by atoms with Crippen LogP contribution in [0.15, 0.2) is 66.7 Å². The Morgan fingerprint density at radius 2 is 1.60 bits per heavy atom. The summed E-state index contributed by atoms with van der Waals surface area (Å²) in [7, 11) is 0. The first-order valence-corrected chi connectivity index (χ1v) is 14.0. The molecule has 0 saturated carbocycles. The fraction of sp³-hybridized carbons (Fsp3) is 0.406. The van der Waals surface area contributed by atoms with Crippen molar-refractivity contribution >= 4 is 5.91 Å². The van der Waals surface area contributed by atoms with Crippen LogP contribution in [0.25, 0.3) is 0 Å². The number of carbonyl (C=O) groups excluding carboxylic acids is 1. The van der Waals surface area contributed by atoms with Crippen LogP contribution in [0.2, 0.25) is 0 Å². The number of aliphatic hydroxyl groups is 1. The molecular formula is C32H41F2N3O3. The first-order chi connectivity index (χ1) is 19.3. The Bertz CT molecular complexity index is 1180. The molecule has 0 fully saturated rings. The predicted molar refractivity (Wildman–Crippen MR) is 155 cm³/mol. The van der Waals surface area contributed by atoms with Crippen LogP contribution in [0, 0.1) is 11.6 Å². The standard InChI is InChI=1S/C32H41F2N3O3/c1-4-23-8-7-9-24(16-23)21-35-22-31(38)30(19-25-17-27(33)20-28(34)18-25)36-32(39)26-10-12-29(13-11-26)40-15-14-37(5-2)6-3/h7-13,16-18,20,30-31,35,38H,4-6,14-15,19,21-22H2,1-3H3,(H,36,39)/t30-,31+/m0/s1. The van der Waals surface area contributed by atoms with Gasteiger partial charge in [-0.1, -0.05) is 45.0 Å². The highest BCUT2D eigenvalue weighted by Crippen LogP contribution is 2.15. The van der Waals surface area contributed by atoms with Gasteiger partial charge >= 0.3 is 0 Å². The number of nitrogens with zero attached hydrogens (tertiary/aromatic N) is 1. The Hall–Kier alpha value is -3.33. The number of rotatable bonds is 16. The summed E-state index contributed by atoms with van der Waals surface area (Å²) in [4.78, 5) is 15.4. The average molecular weight is 554 g/mol. The van der Waals surface area contributed by atoms with Crippen LogP contribution in [0.1, 0.15) is 47.8 Å². The molecule has 0 unspecified atom stereocenters. The van der Waals surface area contributed by atoms with Crippen LogP contribution < -0.4 is 15.4 Å². The van der Waals surface area contributed by atoms with Crippen LogP contribution in [0.4, 0.5) is 8.78 Å². The average Bonchev–Trinajstić information content (AvgIpc) is 2.95. The van der Waals surface area contributed by atoms with Crippen molar-refractivity contribution in [1.82, 2.24) is 15.5 Å². The van der Waals surface area contributed by atoms with Crippen LogP contribution in [-0.2, 0) is 19.4 Å². The van der Waals surface area contributed by atoms with Crippen LogP contribution in [0.3, 0.4) is 0 Å². The summed E-state index contributed by atoms with van der Waals surface area (Å²) in [6.07, 6.45) is -0.0217. The van der Waals surface area contributed by atoms with E-state index in [-0.39, 0.29) is 13.0 Å². The normalized spacial score (nSPS) is 12.8. The van der Waals surface area contributed by atoms with Gasteiger partial charge < -0.3 is 25.4 Å². The Labute approximate surface area is 236 Å². The van der Waals surface area contributed by atoms with E-state index in [9.17, 15) is 18.7 Å². The quantitative estimate of drug-likeness (QED) is 0.239. The van der Waals surface area contributed by atoms with Crippen molar-refractivity contribution in [2.75, 3.05) is 32.8 Å². The summed E-state index contributed by atoms with van der Waals surface area (Å²) < 4.78 is 33.5. The molecule has 0 bridgehead atoms. The van der Waals surface area contributed by atoms with Gasteiger partial charge in [-0.25, -0.2) is 8.78 Å². The van der Waals surface area contributed by atoms with Crippen molar-refractivity contribution in [3.05, 3.63) is 101 Å². The second-order valence-corrected chi connectivity index (χ2v) is 9.83. The maximum atomic E-state index is 13.9. The first-order valence-electron chi connectivity index (χ1n) is 14.0. The number of nitrogens with one attached hydrogen (secondary N) is 2. The molecule has 3 N–H and O–H groups in total. The van der Waals surface area contributed by atoms with Crippen molar-refractivity contribution in [3.63, 3.8) is 0 Å². The van der Waals surface area contributed by atoms with E-state index in [2.05, 4.69) is 48.4 Å². The van der Waals surface area contributed by atoms with Crippen molar-refractivity contribution in [1.29, 1.82) is 0 Å². The van der Waals surface area contributed by atoms with Crippen LogP contribution >= 0.6 is 0 Å². The number of halogens is 2. The van der Waals surface area contributed by atoms with E-state index in [0.29, 0.717) is 30.0 Å². The van der Waals surface area contributed by atoms with Gasteiger partial charge in [0.25, 0.3) is 5.91 Å². The predicted octanol–water partition coefficient (Wildman–Crippen LogP) is 4.74. The van der Waals surface area contributed by atoms with E-state index in [1.807, 2.05) is 12.1 Å². The summed E-state index contributed by atoms with van der Waals surface area (Å²) in [5.41, 5.74) is 3.04. The summed E-state index contributed by atoms with van der Waals surface area (Å²) in [6.45, 7) is 10.3. The second kappa shape index (κ2) is 16.1. The molecule has 0 aliphatic carbocycles. The van der Waals surface area contributed by atoms with Crippen molar-refractivity contribution < 1.29 is 23.4 Å². The molecular weight excluding hydrogens is 512 g/mol. The topological polar surface area (TPSA) is 73.8 Å². The third-order valence-electron chi connectivity index (χ3n) is 6.93. The van der Waals surface area contributed by atoms with Gasteiger partial charge in [-0.3, -0.25) is 4.79 Å². The largest absolute Gasteiger partial charge is 0.492 e. The van der Waals surface area contributed by atoms with Gasteiger partial charge in [0.05, 0.1) is 12.1 Å². The summed E-state index contributed by atoms with van der Waals surface area (Å²) in [5.74, 6) is -1.15. The van der Waals surface area contributed by atoms with Gasteiger partial charge in [0.15, 0.2) is 0 Å². The lowest BCUT2D eigenvalue weighted by Crippen LogP contribution is -2.48. The zero-order valence-corrected chi connectivity index (χ0v) is 23.6. The molecule has 8 heteroatoms. The number of ether oxygens (including phenoxy) is 1. The van der Waals surface area contributed by atoms with E-state index in [1.54, 1.807) is 24.3 Å². The minimum atomic E-state index is -1.01. The molecule has 0 saturated heterocycles. The lowest BCUT2D eigenvalue weighted by atomic mass is 10.00. The van der Waals surface area contributed by atoms with E-state index in [0.717, 1.165) is 37.7 Å². The molecule has 3 rings (SSSR count). The van der Waals surface area contributed by atoms with Crippen molar-refractivity contribution in [2.24, 2.45) is 0 Å². The van der Waals surface area contributed by atoms with Gasteiger partial charge in [0, 0.05) is 31.3 Å². The van der Waals surface area contributed by atoms with E-state index < -0.39 is 29.7 Å². The highest BCUT2D eigenvalue weighted by molar-refractivity contribution is 5.94. The maximum Gasteiger partial charge on any atom is 0.251 e. The molecule has 0 aliphatic rings. The van der Waals surface area contributed by atoms with Gasteiger partial charge in [-0.05, 0) is 79.0 Å². The van der Waals surface area contributed by atoms with E-state index in [4.69, 9.17) is 4.74 Å². The zero-order chi connectivity index (χ0) is 28.9. The fourth-order valence-corrected chi connectivity index (χ4v) is 4.52. The highest BCUT2D eigenvalue weighted by Gasteiger charge is 2.23. The smallest absolute Gasteiger partial charge is 0.251 e. The number of aliphatic hydroxyl groups excluding tert-OH is 1. The lowest BCUT2D eigenvalue weighted by Gasteiger charge is -2.25. The SMILES string of the molecule is CCc1cccc(CNC[C@@H](O)[C@H](Cc2cc(F)cc(F)c2)NC(=O)c2ccc(OCCN(CC)CC)cc2)c1. The molecule has 3 aromatic rings. The number of amides is 1. The number of aryl methyl sites for hydroxylation is 1. The summed E-state index contributed by atoms with van der Waals surface area (Å²) in [6, 6.07) is 17.4. The number of hydrogen-bond acceptors (Lipinski definition) is 5. The third kappa shape index (κ3) is 10.0. The molecule has 0 aromatic heterocycles. The monoisotopic (exact) mass is 553 g/mol. The Balaban J connectivity index is 1.64. The molecule has 216 valence electrons. The van der Waals surface area contributed by atoms with Crippen molar-refractivity contribution in [3.8, 4) is 5.75 Å². The molecule has 1 amide bonds. The molecule has 2 atom stereocenters. The fourth-order valence-electron chi connectivity index (χ4n) is 4.52. The molecule has 0 spiro atoms. The molecule has 0 aliphatic heterocycles. The number of hydrogen-bond donors (Lipinski definition) is 3. The molecule has 3 aromatic carbocycles. The Morgan fingerprint density at radius 3 is 2.25 bits per heavy atom. The molecule has 6 nitrogen and oxygen atoms in total. The van der Waals surface area contributed by atoms with Gasteiger partial charge in [-0.2, -0.15) is 0 Å². The number of likely N-dealkylation sites (N-methyl/N-ethyl adjacent to an activating group) is 1. The van der Waals surface area contributed by atoms with E-state index >= 15 is 0 Å². The van der Waals surface area contributed by atoms with E-state index in [1.165, 1.54) is 17.7 Å². The third-order valence-corrected chi connectivity index (χ3v) is 6.93. The lowest BCUT2D eigenvalue weighted by molar-refractivity contribution is 0.0829. The van der Waals surface area contributed by atoms with Gasteiger partial charge in [0.1, 0.15) is 24.0 Å². The Morgan fingerprint density at radius 1 is 0.925 bits per heavy atom. The van der Waals surface area contributed by atoms with Crippen molar-refractivity contribution in [2.45, 2.75) is 52.3 Å². The minimum absolute atomic E-state index is 0.0567. The molecule has 0 heterocycles. The summed E-state index contributed by atoms with van der Waals surface area (Å²) in [5, 5.41) is 17.1. The first kappa shape index (κ1) is 31.2. The minimum Gasteiger partial charge on any atom is -0.492 e. The number of carbonyl (C=O) groups is 1. The maximum absolute atomic E-state index is 13.9. The zero-order valence-electron chi connectivity index (χ0n) is 23.6. The highest BCUT2D eigenvalue weighted by atomic mass is 19.1. The van der Waals surface area contributed by atoms with Crippen LogP contribution in [-0.4, -0.2) is 60.8 Å². The van der Waals surface area contributed by atoms with Gasteiger partial charge in [-0.15, -0.1) is 0 Å². The summed E-state index contributed by atoms with van der Waals surface area (Å²) >= 11 is 0. The van der Waals surface area contributed by atoms with Crippen LogP contribution in [0.5, 0.6) is 5.75 Å². The Kier molecular flexibility index (Phi) is 12.5. The van der Waals surface area contributed by atoms with Gasteiger partial charge in [0.2, 0.25) is 0 Å². The molecule has 0 radical (unpaired) electrons. The second-order valence-electron chi connectivity index (χ2n) is 9.83. The number of benzene rings is 3.